The molecule has 0 aliphatic heterocycles. The van der Waals surface area contributed by atoms with Gasteiger partial charge in [-0.15, -0.1) is 0 Å². The van der Waals surface area contributed by atoms with Gasteiger partial charge in [-0.2, -0.15) is 0 Å². The van der Waals surface area contributed by atoms with E-state index in [0.717, 1.165) is 23.4 Å². The van der Waals surface area contributed by atoms with Crippen LogP contribution < -0.4 is 15.4 Å². The Morgan fingerprint density at radius 3 is 2.59 bits per heavy atom. The van der Waals surface area contributed by atoms with Crippen LogP contribution in [0.1, 0.15) is 21.5 Å². The van der Waals surface area contributed by atoms with Gasteiger partial charge in [0.2, 0.25) is 0 Å². The molecular formula is C22H23N3O2. The van der Waals surface area contributed by atoms with E-state index in [1.807, 2.05) is 55.5 Å². The number of ether oxygens (including phenoxy) is 1. The van der Waals surface area contributed by atoms with E-state index in [4.69, 9.17) is 4.74 Å². The Morgan fingerprint density at radius 2 is 1.89 bits per heavy atom. The highest BCUT2D eigenvalue weighted by atomic mass is 16.5. The van der Waals surface area contributed by atoms with Gasteiger partial charge < -0.3 is 15.4 Å². The molecule has 5 heteroatoms. The molecule has 0 saturated carbocycles. The van der Waals surface area contributed by atoms with E-state index < -0.39 is 0 Å². The number of methoxy groups -OCH3 is 1. The molecule has 0 fully saturated rings. The summed E-state index contributed by atoms with van der Waals surface area (Å²) >= 11 is 0. The first-order valence-corrected chi connectivity index (χ1v) is 8.85. The standard InChI is InChI=1S/C22H23N3O2/c1-16-8-10-20(27-2)19(14-16)25-21-11-9-18(15-24-21)22(26)23-13-12-17-6-4-3-5-7-17/h3-11,14-15H,12-13H2,1-2H3,(H,23,26)(H,24,25). The van der Waals surface area contributed by atoms with Gasteiger partial charge in [0, 0.05) is 12.7 Å². The van der Waals surface area contributed by atoms with Crippen LogP contribution in [0.2, 0.25) is 0 Å². The Labute approximate surface area is 159 Å². The number of amides is 1. The van der Waals surface area contributed by atoms with E-state index in [9.17, 15) is 4.79 Å². The van der Waals surface area contributed by atoms with Crippen LogP contribution >= 0.6 is 0 Å². The van der Waals surface area contributed by atoms with E-state index in [1.165, 1.54) is 5.56 Å². The van der Waals surface area contributed by atoms with Crippen molar-refractivity contribution in [1.29, 1.82) is 0 Å². The minimum Gasteiger partial charge on any atom is -0.495 e. The highest BCUT2D eigenvalue weighted by Crippen LogP contribution is 2.27. The number of rotatable bonds is 7. The summed E-state index contributed by atoms with van der Waals surface area (Å²) in [6, 6.07) is 19.5. The van der Waals surface area contributed by atoms with Gasteiger partial charge in [0.25, 0.3) is 5.91 Å². The molecule has 1 heterocycles. The maximum absolute atomic E-state index is 12.3. The van der Waals surface area contributed by atoms with Crippen molar-refractivity contribution in [2.24, 2.45) is 0 Å². The zero-order valence-corrected chi connectivity index (χ0v) is 15.5. The molecule has 0 bridgehead atoms. The van der Waals surface area contributed by atoms with Gasteiger partial charge in [0.05, 0.1) is 18.4 Å². The zero-order chi connectivity index (χ0) is 19.1. The predicted molar refractivity (Wildman–Crippen MR) is 108 cm³/mol. The summed E-state index contributed by atoms with van der Waals surface area (Å²) in [5.74, 6) is 1.27. The second-order valence-electron chi connectivity index (χ2n) is 6.25. The average Bonchev–Trinajstić information content (AvgIpc) is 2.69. The molecule has 138 valence electrons. The third-order valence-electron chi connectivity index (χ3n) is 4.19. The Kier molecular flexibility index (Phi) is 6.05. The molecule has 0 unspecified atom stereocenters. The minimum atomic E-state index is -0.127. The molecule has 2 aromatic carbocycles. The van der Waals surface area contributed by atoms with Gasteiger partial charge in [-0.25, -0.2) is 4.98 Å². The van der Waals surface area contributed by atoms with Gasteiger partial charge in [-0.3, -0.25) is 4.79 Å². The summed E-state index contributed by atoms with van der Waals surface area (Å²) in [5, 5.41) is 6.15. The minimum absolute atomic E-state index is 0.127. The van der Waals surface area contributed by atoms with Gasteiger partial charge in [0.15, 0.2) is 0 Å². The average molecular weight is 361 g/mol. The maximum Gasteiger partial charge on any atom is 0.252 e. The Hall–Kier alpha value is -3.34. The van der Waals surface area contributed by atoms with Crippen LogP contribution in [0.15, 0.2) is 66.9 Å². The third kappa shape index (κ3) is 5.07. The van der Waals surface area contributed by atoms with Gasteiger partial charge >= 0.3 is 0 Å². The van der Waals surface area contributed by atoms with Crippen molar-refractivity contribution >= 4 is 17.4 Å². The van der Waals surface area contributed by atoms with Crippen LogP contribution in [-0.2, 0) is 6.42 Å². The molecule has 5 nitrogen and oxygen atoms in total. The number of carbonyl (C=O) groups excluding carboxylic acids is 1. The van der Waals surface area contributed by atoms with Gasteiger partial charge in [-0.1, -0.05) is 36.4 Å². The van der Waals surface area contributed by atoms with Crippen molar-refractivity contribution in [3.63, 3.8) is 0 Å². The number of aromatic nitrogens is 1. The molecule has 0 atom stereocenters. The monoisotopic (exact) mass is 361 g/mol. The van der Waals surface area contributed by atoms with Crippen molar-refractivity contribution in [3.8, 4) is 5.75 Å². The zero-order valence-electron chi connectivity index (χ0n) is 15.5. The number of hydrogen-bond acceptors (Lipinski definition) is 4. The fourth-order valence-electron chi connectivity index (χ4n) is 2.73. The van der Waals surface area contributed by atoms with Crippen LogP contribution in [-0.4, -0.2) is 24.5 Å². The summed E-state index contributed by atoms with van der Waals surface area (Å²) in [4.78, 5) is 16.6. The van der Waals surface area contributed by atoms with Crippen molar-refractivity contribution in [3.05, 3.63) is 83.6 Å². The molecule has 2 N–H and O–H groups in total. The lowest BCUT2D eigenvalue weighted by Crippen LogP contribution is -2.25. The Morgan fingerprint density at radius 1 is 1.07 bits per heavy atom. The van der Waals surface area contributed by atoms with E-state index >= 15 is 0 Å². The van der Waals surface area contributed by atoms with Crippen molar-refractivity contribution in [2.75, 3.05) is 19.0 Å². The normalized spacial score (nSPS) is 10.3. The first kappa shape index (κ1) is 18.5. The fraction of sp³-hybridized carbons (Fsp3) is 0.182. The molecule has 1 aromatic heterocycles. The van der Waals surface area contributed by atoms with Crippen LogP contribution in [0.25, 0.3) is 0 Å². The molecule has 0 aliphatic carbocycles. The largest absolute Gasteiger partial charge is 0.495 e. The highest BCUT2D eigenvalue weighted by molar-refractivity contribution is 5.94. The first-order chi connectivity index (χ1) is 13.2. The second-order valence-corrected chi connectivity index (χ2v) is 6.25. The van der Waals surface area contributed by atoms with Gasteiger partial charge in [0.1, 0.15) is 11.6 Å². The van der Waals surface area contributed by atoms with Gasteiger partial charge in [-0.05, 0) is 48.7 Å². The lowest BCUT2D eigenvalue weighted by atomic mass is 10.1. The van der Waals surface area contributed by atoms with E-state index in [0.29, 0.717) is 17.9 Å². The van der Waals surface area contributed by atoms with Crippen molar-refractivity contribution in [1.82, 2.24) is 10.3 Å². The number of nitrogens with zero attached hydrogens (tertiary/aromatic N) is 1. The smallest absolute Gasteiger partial charge is 0.252 e. The fourth-order valence-corrected chi connectivity index (χ4v) is 2.73. The number of hydrogen-bond donors (Lipinski definition) is 2. The number of aryl methyl sites for hydroxylation is 1. The number of nitrogens with one attached hydrogen (secondary N) is 2. The summed E-state index contributed by atoms with van der Waals surface area (Å²) in [6.45, 7) is 2.60. The lowest BCUT2D eigenvalue weighted by molar-refractivity contribution is 0.0954. The molecule has 3 rings (SSSR count). The molecule has 0 spiro atoms. The molecule has 0 radical (unpaired) electrons. The number of carbonyl (C=O) groups is 1. The molecule has 27 heavy (non-hydrogen) atoms. The van der Waals surface area contributed by atoms with Crippen molar-refractivity contribution < 1.29 is 9.53 Å². The molecule has 0 saturated heterocycles. The molecular weight excluding hydrogens is 338 g/mol. The SMILES string of the molecule is COc1ccc(C)cc1Nc1ccc(C(=O)NCCc2ccccc2)cn1. The van der Waals surface area contributed by atoms with Crippen LogP contribution in [0.5, 0.6) is 5.75 Å². The van der Waals surface area contributed by atoms with Crippen molar-refractivity contribution in [2.45, 2.75) is 13.3 Å². The van der Waals surface area contributed by atoms with Crippen LogP contribution in [0, 0.1) is 6.92 Å². The number of anilines is 2. The molecule has 0 aliphatic rings. The number of benzene rings is 2. The van der Waals surface area contributed by atoms with E-state index in [-0.39, 0.29) is 5.91 Å². The molecule has 1 amide bonds. The van der Waals surface area contributed by atoms with Crippen LogP contribution in [0.3, 0.4) is 0 Å². The van der Waals surface area contributed by atoms with Crippen LogP contribution in [0.4, 0.5) is 11.5 Å². The predicted octanol–water partition coefficient (Wildman–Crippen LogP) is 4.11. The third-order valence-corrected chi connectivity index (χ3v) is 4.19. The highest BCUT2D eigenvalue weighted by Gasteiger charge is 2.08. The summed E-state index contributed by atoms with van der Waals surface area (Å²) in [5.41, 5.74) is 3.69. The Bertz CT molecular complexity index is 893. The maximum atomic E-state index is 12.3. The lowest BCUT2D eigenvalue weighted by Gasteiger charge is -2.12. The molecule has 3 aromatic rings. The first-order valence-electron chi connectivity index (χ1n) is 8.85. The summed E-state index contributed by atoms with van der Waals surface area (Å²) < 4.78 is 5.36. The Balaban J connectivity index is 1.58. The number of pyridine rings is 1. The van der Waals surface area contributed by atoms with E-state index in [2.05, 4.69) is 15.6 Å². The summed E-state index contributed by atoms with van der Waals surface area (Å²) in [7, 11) is 1.63. The second kappa shape index (κ2) is 8.85. The quantitative estimate of drug-likeness (QED) is 0.665. The van der Waals surface area contributed by atoms with E-state index in [1.54, 1.807) is 25.4 Å². The topological polar surface area (TPSA) is 63.2 Å². The summed E-state index contributed by atoms with van der Waals surface area (Å²) in [6.07, 6.45) is 2.37.